The van der Waals surface area contributed by atoms with Gasteiger partial charge in [-0.2, -0.15) is 0 Å². The van der Waals surface area contributed by atoms with Gasteiger partial charge in [0.05, 0.1) is 17.4 Å². The van der Waals surface area contributed by atoms with Crippen LogP contribution < -0.4 is 0 Å². The summed E-state index contributed by atoms with van der Waals surface area (Å²) in [7, 11) is 0. The van der Waals surface area contributed by atoms with Crippen molar-refractivity contribution in [2.45, 2.75) is 19.4 Å². The summed E-state index contributed by atoms with van der Waals surface area (Å²) in [5, 5.41) is 21.3. The molecule has 2 heterocycles. The van der Waals surface area contributed by atoms with Crippen LogP contribution in [0.5, 0.6) is 0 Å². The van der Waals surface area contributed by atoms with Gasteiger partial charge in [0.15, 0.2) is 0 Å². The molecular formula is C16H18N4O4. The molecule has 0 bridgehead atoms. The lowest BCUT2D eigenvalue weighted by atomic mass is 9.95. The molecule has 3 rings (SSSR count). The summed E-state index contributed by atoms with van der Waals surface area (Å²) >= 11 is 0. The molecule has 126 valence electrons. The molecule has 8 heteroatoms. The third kappa shape index (κ3) is 3.00. The smallest absolute Gasteiger partial charge is 0.294 e. The summed E-state index contributed by atoms with van der Waals surface area (Å²) in [6, 6.07) is 4.38. The largest absolute Gasteiger partial charge is 0.391 e. The molecule has 1 aliphatic heterocycles. The van der Waals surface area contributed by atoms with Crippen LogP contribution in [0.1, 0.15) is 23.7 Å². The number of likely N-dealkylation sites (tertiary alicyclic amines) is 1. The van der Waals surface area contributed by atoms with Crippen LogP contribution >= 0.6 is 0 Å². The second-order valence-electron chi connectivity index (χ2n) is 6.02. The minimum absolute atomic E-state index is 0.145. The summed E-state index contributed by atoms with van der Waals surface area (Å²) in [6.07, 6.45) is 4.74. The van der Waals surface area contributed by atoms with Crippen molar-refractivity contribution in [1.29, 1.82) is 0 Å². The molecule has 1 fully saturated rings. The number of benzene rings is 1. The van der Waals surface area contributed by atoms with Gasteiger partial charge in [0.2, 0.25) is 0 Å². The topological polar surface area (TPSA) is 102 Å². The predicted octanol–water partition coefficient (Wildman–Crippen LogP) is 1.62. The highest BCUT2D eigenvalue weighted by molar-refractivity contribution is 5.95. The molecule has 1 aromatic carbocycles. The molecule has 0 aliphatic carbocycles. The van der Waals surface area contributed by atoms with Gasteiger partial charge in [-0.3, -0.25) is 14.9 Å². The van der Waals surface area contributed by atoms with Crippen LogP contribution in [0.2, 0.25) is 0 Å². The average Bonchev–Trinajstić information content (AvgIpc) is 3.10. The van der Waals surface area contributed by atoms with Crippen LogP contribution in [0.3, 0.4) is 0 Å². The number of imidazole rings is 1. The number of aromatic nitrogens is 2. The maximum atomic E-state index is 12.6. The van der Waals surface area contributed by atoms with Crippen LogP contribution in [0.15, 0.2) is 36.9 Å². The van der Waals surface area contributed by atoms with Gasteiger partial charge in [0.25, 0.3) is 11.6 Å². The number of rotatable bonds is 3. The van der Waals surface area contributed by atoms with E-state index in [9.17, 15) is 20.0 Å². The summed E-state index contributed by atoms with van der Waals surface area (Å²) in [6.45, 7) is 2.72. The molecule has 1 aliphatic rings. The first kappa shape index (κ1) is 16.1. The Bertz CT molecular complexity index is 759. The lowest BCUT2D eigenvalue weighted by molar-refractivity contribution is -0.384. The highest BCUT2D eigenvalue weighted by atomic mass is 16.6. The number of carbonyl (C=O) groups is 1. The Labute approximate surface area is 138 Å². The van der Waals surface area contributed by atoms with Gasteiger partial charge in [-0.25, -0.2) is 4.98 Å². The first-order valence-corrected chi connectivity index (χ1v) is 7.71. The second-order valence-corrected chi connectivity index (χ2v) is 6.02. The molecule has 24 heavy (non-hydrogen) atoms. The molecular weight excluding hydrogens is 312 g/mol. The SMILES string of the molecule is CC1CCN(C(=O)c2ccc(-n3ccnc3)c([N+](=O)[O-])c2)CC1O. The number of aliphatic hydroxyl groups is 1. The van der Waals surface area contributed by atoms with Crippen LogP contribution in [0, 0.1) is 16.0 Å². The molecule has 2 aromatic rings. The molecule has 2 unspecified atom stereocenters. The van der Waals surface area contributed by atoms with Gasteiger partial charge in [0.1, 0.15) is 5.69 Å². The number of hydrogen-bond acceptors (Lipinski definition) is 5. The van der Waals surface area contributed by atoms with Crippen molar-refractivity contribution < 1.29 is 14.8 Å². The van der Waals surface area contributed by atoms with Crippen molar-refractivity contribution in [3.8, 4) is 5.69 Å². The molecule has 1 N–H and O–H groups in total. The van der Waals surface area contributed by atoms with E-state index in [2.05, 4.69) is 4.98 Å². The maximum absolute atomic E-state index is 12.6. The number of hydrogen-bond donors (Lipinski definition) is 1. The van der Waals surface area contributed by atoms with E-state index in [0.29, 0.717) is 18.7 Å². The Morgan fingerprint density at radius 3 is 2.88 bits per heavy atom. The Hall–Kier alpha value is -2.74. The van der Waals surface area contributed by atoms with E-state index in [0.717, 1.165) is 0 Å². The van der Waals surface area contributed by atoms with Crippen molar-refractivity contribution in [2.24, 2.45) is 5.92 Å². The van der Waals surface area contributed by atoms with E-state index in [1.807, 2.05) is 6.92 Å². The van der Waals surface area contributed by atoms with Crippen molar-refractivity contribution in [2.75, 3.05) is 13.1 Å². The van der Waals surface area contributed by atoms with Gasteiger partial charge in [-0.15, -0.1) is 0 Å². The number of piperidine rings is 1. The first-order valence-electron chi connectivity index (χ1n) is 7.71. The van der Waals surface area contributed by atoms with Crippen molar-refractivity contribution in [3.05, 3.63) is 52.6 Å². The predicted molar refractivity (Wildman–Crippen MR) is 85.9 cm³/mol. The van der Waals surface area contributed by atoms with E-state index in [-0.39, 0.29) is 29.6 Å². The Balaban J connectivity index is 1.90. The van der Waals surface area contributed by atoms with Crippen molar-refractivity contribution >= 4 is 11.6 Å². The summed E-state index contributed by atoms with van der Waals surface area (Å²) in [5.41, 5.74) is 0.429. The van der Waals surface area contributed by atoms with Gasteiger partial charge in [-0.05, 0) is 24.5 Å². The third-order valence-electron chi connectivity index (χ3n) is 4.41. The van der Waals surface area contributed by atoms with Gasteiger partial charge >= 0.3 is 0 Å². The summed E-state index contributed by atoms with van der Waals surface area (Å²) < 4.78 is 1.53. The van der Waals surface area contributed by atoms with Crippen LogP contribution in [-0.4, -0.2) is 49.6 Å². The zero-order valence-electron chi connectivity index (χ0n) is 13.2. The van der Waals surface area contributed by atoms with E-state index < -0.39 is 11.0 Å². The summed E-state index contributed by atoms with van der Waals surface area (Å²) in [5.74, 6) is -0.159. The highest BCUT2D eigenvalue weighted by Gasteiger charge is 2.29. The molecule has 0 radical (unpaired) electrons. The summed E-state index contributed by atoms with van der Waals surface area (Å²) in [4.78, 5) is 28.9. The number of β-amino-alcohol motifs (C(OH)–C–C–N with tert-alkyl or cyclic N) is 1. The Morgan fingerprint density at radius 2 is 2.25 bits per heavy atom. The van der Waals surface area contributed by atoms with E-state index in [1.54, 1.807) is 17.2 Å². The monoisotopic (exact) mass is 330 g/mol. The zero-order valence-corrected chi connectivity index (χ0v) is 13.2. The van der Waals surface area contributed by atoms with Crippen molar-refractivity contribution in [3.63, 3.8) is 0 Å². The molecule has 2 atom stereocenters. The average molecular weight is 330 g/mol. The molecule has 1 amide bonds. The second kappa shape index (κ2) is 6.40. The quantitative estimate of drug-likeness (QED) is 0.681. The van der Waals surface area contributed by atoms with Gasteiger partial charge in [0, 0.05) is 37.1 Å². The number of amides is 1. The number of nitro groups is 1. The fourth-order valence-corrected chi connectivity index (χ4v) is 2.84. The molecule has 1 saturated heterocycles. The fourth-order valence-electron chi connectivity index (χ4n) is 2.84. The van der Waals surface area contributed by atoms with Crippen LogP contribution in [0.4, 0.5) is 5.69 Å². The lowest BCUT2D eigenvalue weighted by Gasteiger charge is -2.34. The minimum Gasteiger partial charge on any atom is -0.391 e. The first-order chi connectivity index (χ1) is 11.5. The highest BCUT2D eigenvalue weighted by Crippen LogP contribution is 2.26. The number of nitro benzene ring substituents is 1. The fraction of sp³-hybridized carbons (Fsp3) is 0.375. The zero-order chi connectivity index (χ0) is 17.3. The number of aliphatic hydroxyl groups excluding tert-OH is 1. The molecule has 8 nitrogen and oxygen atoms in total. The van der Waals surface area contributed by atoms with Crippen LogP contribution in [0.25, 0.3) is 5.69 Å². The molecule has 1 aromatic heterocycles. The Morgan fingerprint density at radius 1 is 1.46 bits per heavy atom. The van der Waals surface area contributed by atoms with Gasteiger partial charge < -0.3 is 14.6 Å². The third-order valence-corrected chi connectivity index (χ3v) is 4.41. The standard InChI is InChI=1S/C16H18N4O4/c1-11-4-6-18(9-15(11)21)16(22)12-2-3-13(14(8-12)20(23)24)19-7-5-17-10-19/h2-3,5,7-8,10-11,15,21H,4,6,9H2,1H3. The van der Waals surface area contributed by atoms with Gasteiger partial charge in [-0.1, -0.05) is 6.92 Å². The number of nitrogens with zero attached hydrogens (tertiary/aromatic N) is 4. The number of carbonyl (C=O) groups excluding carboxylic acids is 1. The lowest BCUT2D eigenvalue weighted by Crippen LogP contribution is -2.45. The normalized spacial score (nSPS) is 20.8. The van der Waals surface area contributed by atoms with Crippen molar-refractivity contribution in [1.82, 2.24) is 14.5 Å². The van der Waals surface area contributed by atoms with E-state index in [4.69, 9.17) is 0 Å². The maximum Gasteiger partial charge on any atom is 0.294 e. The minimum atomic E-state index is -0.567. The van der Waals surface area contributed by atoms with E-state index in [1.165, 1.54) is 29.2 Å². The molecule has 0 saturated carbocycles. The molecule has 0 spiro atoms. The van der Waals surface area contributed by atoms with Crippen LogP contribution in [-0.2, 0) is 0 Å². The Kier molecular flexibility index (Phi) is 4.30. The van der Waals surface area contributed by atoms with E-state index >= 15 is 0 Å².